The van der Waals surface area contributed by atoms with E-state index >= 15 is 0 Å². The van der Waals surface area contributed by atoms with E-state index in [2.05, 4.69) is 0 Å². The van der Waals surface area contributed by atoms with Crippen molar-refractivity contribution in [2.75, 3.05) is 0 Å². The molecule has 0 unspecified atom stereocenters. The lowest BCUT2D eigenvalue weighted by atomic mass is 9.98. The van der Waals surface area contributed by atoms with Crippen molar-refractivity contribution in [3.05, 3.63) is 28.8 Å². The molecule has 0 radical (unpaired) electrons. The average molecular weight is 264 g/mol. The maximum absolute atomic E-state index is 9.85. The number of hydrogen-bond acceptors (Lipinski definition) is 3. The van der Waals surface area contributed by atoms with Gasteiger partial charge in [0.05, 0.1) is 12.1 Å². The minimum atomic E-state index is -0.589. The molecule has 0 heterocycles. The van der Waals surface area contributed by atoms with Crippen LogP contribution >= 0.6 is 24.0 Å². The van der Waals surface area contributed by atoms with E-state index in [1.165, 1.54) is 6.07 Å². The lowest BCUT2D eigenvalue weighted by Crippen LogP contribution is -2.27. The highest BCUT2D eigenvalue weighted by molar-refractivity contribution is 6.30. The first-order valence-corrected chi connectivity index (χ1v) is 5.39. The van der Waals surface area contributed by atoms with Gasteiger partial charge >= 0.3 is 0 Å². The van der Waals surface area contributed by atoms with Gasteiger partial charge in [0.15, 0.2) is 0 Å². The molecule has 1 aliphatic carbocycles. The zero-order valence-electron chi connectivity index (χ0n) is 8.64. The van der Waals surface area contributed by atoms with Gasteiger partial charge in [-0.25, -0.2) is 0 Å². The predicted molar refractivity (Wildman–Crippen MR) is 66.0 cm³/mol. The number of aliphatic hydroxyl groups is 1. The molecule has 1 fully saturated rings. The van der Waals surface area contributed by atoms with Crippen LogP contribution in [0.1, 0.15) is 24.4 Å². The van der Waals surface area contributed by atoms with Crippen LogP contribution in [0.3, 0.4) is 0 Å². The van der Waals surface area contributed by atoms with Crippen LogP contribution in [0.5, 0.6) is 5.75 Å². The van der Waals surface area contributed by atoms with Crippen LogP contribution in [0.15, 0.2) is 18.2 Å². The number of hydrogen-bond donors (Lipinski definition) is 3. The average Bonchev–Trinajstić information content (AvgIpc) is 3.03. The number of phenols is 1. The summed E-state index contributed by atoms with van der Waals surface area (Å²) in [5.41, 5.74) is 6.40. The Labute approximate surface area is 106 Å². The van der Waals surface area contributed by atoms with Gasteiger partial charge in [-0.15, -0.1) is 12.4 Å². The molecule has 4 N–H and O–H groups in total. The summed E-state index contributed by atoms with van der Waals surface area (Å²) in [5, 5.41) is 20.0. The Bertz CT molecular complexity index is 369. The van der Waals surface area contributed by atoms with Gasteiger partial charge in [0, 0.05) is 10.6 Å². The Kier molecular flexibility index (Phi) is 4.44. The molecule has 1 aliphatic rings. The second-order valence-electron chi connectivity index (χ2n) is 4.06. The van der Waals surface area contributed by atoms with Gasteiger partial charge in [0.1, 0.15) is 5.75 Å². The number of rotatable bonds is 3. The van der Waals surface area contributed by atoms with Crippen LogP contribution in [0.25, 0.3) is 0 Å². The van der Waals surface area contributed by atoms with Crippen molar-refractivity contribution in [3.8, 4) is 5.75 Å². The number of nitrogens with two attached hydrogens (primary N) is 1. The fraction of sp³-hybridized carbons (Fsp3) is 0.455. The van der Waals surface area contributed by atoms with Gasteiger partial charge in [0.2, 0.25) is 0 Å². The number of phenolic OH excluding ortho intramolecular Hbond substituents is 1. The van der Waals surface area contributed by atoms with Crippen molar-refractivity contribution in [1.82, 2.24) is 0 Å². The Morgan fingerprint density at radius 2 is 2.00 bits per heavy atom. The van der Waals surface area contributed by atoms with E-state index in [0.717, 1.165) is 12.8 Å². The van der Waals surface area contributed by atoms with E-state index in [4.69, 9.17) is 17.3 Å². The van der Waals surface area contributed by atoms with Gasteiger partial charge in [0.25, 0.3) is 0 Å². The fourth-order valence-electron chi connectivity index (χ4n) is 1.71. The first-order chi connectivity index (χ1) is 7.09. The van der Waals surface area contributed by atoms with E-state index in [0.29, 0.717) is 10.6 Å². The summed E-state index contributed by atoms with van der Waals surface area (Å²) >= 11 is 5.81. The highest BCUT2D eigenvalue weighted by Crippen LogP contribution is 2.39. The lowest BCUT2D eigenvalue weighted by molar-refractivity contribution is 0.121. The van der Waals surface area contributed by atoms with Crippen molar-refractivity contribution >= 4 is 24.0 Å². The third kappa shape index (κ3) is 2.80. The quantitative estimate of drug-likeness (QED) is 0.784. The fourth-order valence-corrected chi connectivity index (χ4v) is 1.89. The van der Waals surface area contributed by atoms with E-state index in [1.54, 1.807) is 12.1 Å². The zero-order chi connectivity index (χ0) is 11.0. The Morgan fingerprint density at radius 1 is 1.38 bits per heavy atom. The smallest absolute Gasteiger partial charge is 0.120 e. The second-order valence-corrected chi connectivity index (χ2v) is 4.49. The molecule has 0 saturated heterocycles. The maximum atomic E-state index is 9.85. The largest absolute Gasteiger partial charge is 0.508 e. The van der Waals surface area contributed by atoms with Crippen LogP contribution < -0.4 is 5.73 Å². The van der Waals surface area contributed by atoms with Crippen molar-refractivity contribution in [2.24, 2.45) is 11.7 Å². The molecular weight excluding hydrogens is 249 g/mol. The summed E-state index contributed by atoms with van der Waals surface area (Å²) in [7, 11) is 0. The molecule has 3 nitrogen and oxygen atoms in total. The van der Waals surface area contributed by atoms with Gasteiger partial charge < -0.3 is 15.9 Å². The van der Waals surface area contributed by atoms with E-state index in [-0.39, 0.29) is 24.1 Å². The summed E-state index contributed by atoms with van der Waals surface area (Å²) in [4.78, 5) is 0. The summed E-state index contributed by atoms with van der Waals surface area (Å²) in [6, 6.07) is 4.14. The minimum Gasteiger partial charge on any atom is -0.508 e. The predicted octanol–water partition coefficient (Wildman–Crippen LogP) is 2.24. The Balaban J connectivity index is 0.00000128. The molecular formula is C11H15Cl2NO2. The molecule has 90 valence electrons. The second kappa shape index (κ2) is 5.23. The molecule has 5 heteroatoms. The lowest BCUT2D eigenvalue weighted by Gasteiger charge is -2.19. The van der Waals surface area contributed by atoms with E-state index < -0.39 is 12.1 Å². The minimum absolute atomic E-state index is 0. The van der Waals surface area contributed by atoms with Crippen LogP contribution in [0.4, 0.5) is 0 Å². The Hall–Kier alpha value is -0.480. The number of halogens is 2. The summed E-state index contributed by atoms with van der Waals surface area (Å²) < 4.78 is 0. The molecule has 2 atom stereocenters. The van der Waals surface area contributed by atoms with Crippen LogP contribution in [0, 0.1) is 5.92 Å². The molecule has 1 saturated carbocycles. The molecule has 1 aromatic rings. The van der Waals surface area contributed by atoms with Crippen molar-refractivity contribution < 1.29 is 10.2 Å². The topological polar surface area (TPSA) is 66.5 Å². The van der Waals surface area contributed by atoms with Crippen LogP contribution in [-0.4, -0.2) is 16.3 Å². The number of benzene rings is 1. The maximum Gasteiger partial charge on any atom is 0.120 e. The van der Waals surface area contributed by atoms with Gasteiger partial charge in [-0.1, -0.05) is 11.6 Å². The Morgan fingerprint density at radius 3 is 2.56 bits per heavy atom. The molecule has 0 bridgehead atoms. The van der Waals surface area contributed by atoms with Gasteiger partial charge in [-0.3, -0.25) is 0 Å². The molecule has 0 aromatic heterocycles. The standard InChI is InChI=1S/C11H14ClNO2.ClH/c12-7-3-4-9(14)8(5-7)10(13)11(15)6-1-2-6;/h3-6,10-11,14-15H,1-2,13H2;1H/t10-,11+;/m1./s1. The summed E-state index contributed by atoms with van der Waals surface area (Å²) in [6.45, 7) is 0. The molecule has 1 aromatic carbocycles. The third-order valence-electron chi connectivity index (χ3n) is 2.82. The number of aliphatic hydroxyl groups excluding tert-OH is 1. The molecule has 16 heavy (non-hydrogen) atoms. The van der Waals surface area contributed by atoms with Crippen LogP contribution in [-0.2, 0) is 0 Å². The highest BCUT2D eigenvalue weighted by atomic mass is 35.5. The van der Waals surface area contributed by atoms with Crippen molar-refractivity contribution in [1.29, 1.82) is 0 Å². The third-order valence-corrected chi connectivity index (χ3v) is 3.06. The van der Waals surface area contributed by atoms with E-state index in [1.807, 2.05) is 0 Å². The van der Waals surface area contributed by atoms with Crippen molar-refractivity contribution in [3.63, 3.8) is 0 Å². The number of aromatic hydroxyl groups is 1. The first-order valence-electron chi connectivity index (χ1n) is 5.01. The monoisotopic (exact) mass is 263 g/mol. The molecule has 0 aliphatic heterocycles. The normalized spacial score (nSPS) is 18.7. The molecule has 0 amide bonds. The molecule has 2 rings (SSSR count). The van der Waals surface area contributed by atoms with E-state index in [9.17, 15) is 10.2 Å². The highest BCUT2D eigenvalue weighted by Gasteiger charge is 2.35. The molecule has 0 spiro atoms. The SMILES string of the molecule is Cl.N[C@H](c1cc(Cl)ccc1O)[C@@H](O)C1CC1. The van der Waals surface area contributed by atoms with Crippen molar-refractivity contribution in [2.45, 2.75) is 25.0 Å². The zero-order valence-corrected chi connectivity index (χ0v) is 10.2. The summed E-state index contributed by atoms with van der Waals surface area (Å²) in [5.74, 6) is 0.366. The summed E-state index contributed by atoms with van der Waals surface area (Å²) in [6.07, 6.45) is 1.43. The van der Waals surface area contributed by atoms with Gasteiger partial charge in [-0.2, -0.15) is 0 Å². The van der Waals surface area contributed by atoms with Crippen LogP contribution in [0.2, 0.25) is 5.02 Å². The first kappa shape index (κ1) is 13.6. The van der Waals surface area contributed by atoms with Gasteiger partial charge in [-0.05, 0) is 37.0 Å².